The lowest BCUT2D eigenvalue weighted by Crippen LogP contribution is -2.40. The fourth-order valence-corrected chi connectivity index (χ4v) is 2.40. The predicted molar refractivity (Wildman–Crippen MR) is 75.8 cm³/mol. The van der Waals surface area contributed by atoms with Crippen LogP contribution in [-0.2, 0) is 14.3 Å². The van der Waals surface area contributed by atoms with E-state index in [1.54, 1.807) is 38.2 Å². The SMILES string of the molecule is CCOC(=O)C1=C(C)N=C(c2ccccn2)C1(C)C(=O)O. The van der Waals surface area contributed by atoms with Crippen molar-refractivity contribution in [2.75, 3.05) is 6.61 Å². The van der Waals surface area contributed by atoms with Gasteiger partial charge in [0, 0.05) is 11.9 Å². The minimum Gasteiger partial charge on any atom is -0.480 e. The Hall–Kier alpha value is -2.50. The second-order valence-corrected chi connectivity index (χ2v) is 4.79. The molecule has 0 radical (unpaired) electrons. The predicted octanol–water partition coefficient (Wildman–Crippen LogP) is 1.81. The lowest BCUT2D eigenvalue weighted by atomic mass is 9.77. The maximum absolute atomic E-state index is 12.1. The van der Waals surface area contributed by atoms with Crippen molar-refractivity contribution in [1.29, 1.82) is 0 Å². The first-order valence-corrected chi connectivity index (χ1v) is 6.55. The Morgan fingerprint density at radius 3 is 2.62 bits per heavy atom. The van der Waals surface area contributed by atoms with E-state index >= 15 is 0 Å². The summed E-state index contributed by atoms with van der Waals surface area (Å²) in [7, 11) is 0. The number of carboxylic acids is 1. The maximum Gasteiger partial charge on any atom is 0.337 e. The second-order valence-electron chi connectivity index (χ2n) is 4.79. The molecule has 1 unspecified atom stereocenters. The van der Waals surface area contributed by atoms with Crippen molar-refractivity contribution in [3.8, 4) is 0 Å². The van der Waals surface area contributed by atoms with Gasteiger partial charge < -0.3 is 9.84 Å². The molecule has 110 valence electrons. The first kappa shape index (κ1) is 14.9. The number of aliphatic carboxylic acids is 1. The number of carbonyl (C=O) groups excluding carboxylic acids is 1. The van der Waals surface area contributed by atoms with E-state index in [1.807, 2.05) is 0 Å². The minimum absolute atomic E-state index is 0.0532. The highest BCUT2D eigenvalue weighted by Gasteiger charge is 2.51. The Morgan fingerprint density at radius 1 is 1.38 bits per heavy atom. The van der Waals surface area contributed by atoms with Crippen molar-refractivity contribution < 1.29 is 19.4 Å². The summed E-state index contributed by atoms with van der Waals surface area (Å²) in [5.74, 6) is -1.82. The summed E-state index contributed by atoms with van der Waals surface area (Å²) in [5, 5.41) is 9.66. The van der Waals surface area contributed by atoms with Gasteiger partial charge >= 0.3 is 11.9 Å². The van der Waals surface area contributed by atoms with Crippen molar-refractivity contribution in [3.05, 3.63) is 41.4 Å². The summed E-state index contributed by atoms with van der Waals surface area (Å²) in [6.07, 6.45) is 1.55. The van der Waals surface area contributed by atoms with Gasteiger partial charge in [-0.25, -0.2) is 4.79 Å². The molecule has 2 heterocycles. The number of ether oxygens (including phenoxy) is 1. The molecule has 6 nitrogen and oxygen atoms in total. The van der Waals surface area contributed by atoms with E-state index in [1.165, 1.54) is 6.92 Å². The molecule has 0 amide bonds. The first-order chi connectivity index (χ1) is 9.92. The number of aliphatic imine (C=N–C) groups is 1. The summed E-state index contributed by atoms with van der Waals surface area (Å²) in [4.78, 5) is 32.3. The van der Waals surface area contributed by atoms with Crippen molar-refractivity contribution in [1.82, 2.24) is 4.98 Å². The molecule has 0 fully saturated rings. The van der Waals surface area contributed by atoms with Crippen LogP contribution < -0.4 is 0 Å². The van der Waals surface area contributed by atoms with Crippen LogP contribution in [0.25, 0.3) is 0 Å². The average molecular weight is 288 g/mol. The quantitative estimate of drug-likeness (QED) is 0.853. The van der Waals surface area contributed by atoms with Gasteiger partial charge in [0.2, 0.25) is 0 Å². The summed E-state index contributed by atoms with van der Waals surface area (Å²) in [6.45, 7) is 4.89. The van der Waals surface area contributed by atoms with Crippen LogP contribution in [0.2, 0.25) is 0 Å². The smallest absolute Gasteiger partial charge is 0.337 e. The highest BCUT2D eigenvalue weighted by Crippen LogP contribution is 2.40. The number of carboxylic acid groups (broad SMARTS) is 1. The zero-order chi connectivity index (χ0) is 15.6. The molecular weight excluding hydrogens is 272 g/mol. The van der Waals surface area contributed by atoms with Gasteiger partial charge in [0.05, 0.1) is 23.6 Å². The minimum atomic E-state index is -1.56. The monoisotopic (exact) mass is 288 g/mol. The molecular formula is C15H16N2O4. The normalized spacial score (nSPS) is 21.2. The third kappa shape index (κ3) is 2.33. The van der Waals surface area contributed by atoms with Gasteiger partial charge in [-0.05, 0) is 32.9 Å². The Labute approximate surface area is 122 Å². The third-order valence-electron chi connectivity index (χ3n) is 3.43. The van der Waals surface area contributed by atoms with E-state index in [2.05, 4.69) is 9.98 Å². The molecule has 2 rings (SSSR count). The number of rotatable bonds is 4. The van der Waals surface area contributed by atoms with Gasteiger partial charge in [0.15, 0.2) is 0 Å². The molecule has 0 aliphatic carbocycles. The summed E-state index contributed by atoms with van der Waals surface area (Å²) >= 11 is 0. The van der Waals surface area contributed by atoms with Crippen molar-refractivity contribution in [2.24, 2.45) is 10.4 Å². The number of hydrogen-bond acceptors (Lipinski definition) is 5. The topological polar surface area (TPSA) is 88.9 Å². The van der Waals surface area contributed by atoms with E-state index in [0.29, 0.717) is 11.4 Å². The fraction of sp³-hybridized carbons (Fsp3) is 0.333. The number of carbonyl (C=O) groups is 2. The van der Waals surface area contributed by atoms with Gasteiger partial charge in [-0.2, -0.15) is 0 Å². The third-order valence-corrected chi connectivity index (χ3v) is 3.43. The van der Waals surface area contributed by atoms with Crippen LogP contribution in [-0.4, -0.2) is 34.3 Å². The van der Waals surface area contributed by atoms with E-state index < -0.39 is 17.4 Å². The van der Waals surface area contributed by atoms with Gasteiger partial charge in [0.25, 0.3) is 0 Å². The molecule has 0 saturated carbocycles. The molecule has 1 aliphatic rings. The van der Waals surface area contributed by atoms with Crippen LogP contribution in [0.15, 0.2) is 40.7 Å². The van der Waals surface area contributed by atoms with Crippen LogP contribution >= 0.6 is 0 Å². The van der Waals surface area contributed by atoms with Crippen molar-refractivity contribution >= 4 is 17.7 Å². The van der Waals surface area contributed by atoms with E-state index in [4.69, 9.17) is 4.74 Å². The number of pyridine rings is 1. The molecule has 1 aromatic rings. The molecule has 0 spiro atoms. The van der Waals surface area contributed by atoms with Crippen LogP contribution in [0.3, 0.4) is 0 Å². The molecule has 0 bridgehead atoms. The fourth-order valence-electron chi connectivity index (χ4n) is 2.40. The second kappa shape index (κ2) is 5.47. The van der Waals surface area contributed by atoms with E-state index in [-0.39, 0.29) is 17.9 Å². The Bertz CT molecular complexity index is 649. The maximum atomic E-state index is 12.1. The Morgan fingerprint density at radius 2 is 2.10 bits per heavy atom. The lowest BCUT2D eigenvalue weighted by Gasteiger charge is -2.23. The first-order valence-electron chi connectivity index (χ1n) is 6.55. The standard InChI is InChI=1S/C15H16N2O4/c1-4-21-13(18)11-9(2)17-12(15(11,3)14(19)20)10-7-5-6-8-16-10/h5-8H,4H2,1-3H3,(H,19,20). The number of esters is 1. The number of nitrogens with zero attached hydrogens (tertiary/aromatic N) is 2. The molecule has 1 atom stereocenters. The summed E-state index contributed by atoms with van der Waals surface area (Å²) in [6, 6.07) is 5.13. The highest BCUT2D eigenvalue weighted by molar-refractivity contribution is 6.23. The lowest BCUT2D eigenvalue weighted by molar-refractivity contribution is -0.147. The number of hydrogen-bond donors (Lipinski definition) is 1. The molecule has 1 N–H and O–H groups in total. The average Bonchev–Trinajstić information content (AvgIpc) is 2.73. The Kier molecular flexibility index (Phi) is 3.88. The largest absolute Gasteiger partial charge is 0.480 e. The molecule has 21 heavy (non-hydrogen) atoms. The van der Waals surface area contributed by atoms with Crippen LogP contribution in [0, 0.1) is 5.41 Å². The molecule has 1 aromatic heterocycles. The molecule has 0 aromatic carbocycles. The van der Waals surface area contributed by atoms with Gasteiger partial charge in [-0.15, -0.1) is 0 Å². The van der Waals surface area contributed by atoms with Crippen molar-refractivity contribution in [2.45, 2.75) is 20.8 Å². The molecule has 6 heteroatoms. The van der Waals surface area contributed by atoms with Gasteiger partial charge in [0.1, 0.15) is 5.41 Å². The van der Waals surface area contributed by atoms with E-state index in [0.717, 1.165) is 0 Å². The van der Waals surface area contributed by atoms with Crippen LogP contribution in [0.4, 0.5) is 0 Å². The zero-order valence-electron chi connectivity index (χ0n) is 12.1. The van der Waals surface area contributed by atoms with Gasteiger partial charge in [-0.3, -0.25) is 14.8 Å². The van der Waals surface area contributed by atoms with Crippen LogP contribution in [0.5, 0.6) is 0 Å². The molecule has 0 saturated heterocycles. The van der Waals surface area contributed by atoms with E-state index in [9.17, 15) is 14.7 Å². The number of allylic oxidation sites excluding steroid dienone is 1. The zero-order valence-corrected chi connectivity index (χ0v) is 12.1. The van der Waals surface area contributed by atoms with Crippen LogP contribution in [0.1, 0.15) is 26.5 Å². The van der Waals surface area contributed by atoms with Gasteiger partial charge in [-0.1, -0.05) is 6.07 Å². The summed E-state index contributed by atoms with van der Waals surface area (Å²) < 4.78 is 4.97. The number of aromatic nitrogens is 1. The highest BCUT2D eigenvalue weighted by atomic mass is 16.5. The molecule has 1 aliphatic heterocycles. The Balaban J connectivity index is 2.56. The van der Waals surface area contributed by atoms with Crippen molar-refractivity contribution in [3.63, 3.8) is 0 Å². The summed E-state index contributed by atoms with van der Waals surface area (Å²) in [5.41, 5.74) is -0.487.